The van der Waals surface area contributed by atoms with Gasteiger partial charge in [-0.1, -0.05) is 178 Å². The monoisotopic (exact) mass is 886 g/mol. The van der Waals surface area contributed by atoms with Gasteiger partial charge < -0.3 is 4.74 Å². The third-order valence-corrected chi connectivity index (χ3v) is 13.8. The molecule has 0 bridgehead atoms. The minimum atomic E-state index is -0.0233. The fourth-order valence-electron chi connectivity index (χ4n) is 10.5. The molecule has 3 aromatic heterocycles. The first-order chi connectivity index (χ1) is 33.9. The molecule has 5 heteroatoms. The second-order valence-electron chi connectivity index (χ2n) is 18.9. The van der Waals surface area contributed by atoms with Crippen LogP contribution in [-0.4, -0.2) is 14.1 Å². The summed E-state index contributed by atoms with van der Waals surface area (Å²) in [4.78, 5) is 4.91. The Balaban J connectivity index is 0.987. The molecule has 0 unspecified atom stereocenters. The summed E-state index contributed by atoms with van der Waals surface area (Å²) in [6.45, 7) is 6.72. The quantitative estimate of drug-likeness (QED) is 0.123. The normalized spacial score (nSPS) is 12.0. The molecule has 0 atom stereocenters. The summed E-state index contributed by atoms with van der Waals surface area (Å²) in [6.07, 6.45) is 5.85. The van der Waals surface area contributed by atoms with Crippen LogP contribution in [0.15, 0.2) is 225 Å². The maximum atomic E-state index is 6.84. The number of rotatable bonds is 6. The number of benzene rings is 9. The molecule has 0 aliphatic heterocycles. The molecule has 0 saturated heterocycles. The maximum absolute atomic E-state index is 6.84. The Labute approximate surface area is 401 Å². The predicted molar refractivity (Wildman–Crippen MR) is 282 cm³/mol. The van der Waals surface area contributed by atoms with E-state index in [1.807, 2.05) is 12.3 Å². The van der Waals surface area contributed by atoms with E-state index in [0.717, 1.165) is 72.8 Å². The average Bonchev–Trinajstić information content (AvgIpc) is 3.94. The van der Waals surface area contributed by atoms with Crippen LogP contribution in [0.4, 0.5) is 0 Å². The van der Waals surface area contributed by atoms with Gasteiger partial charge in [0.05, 0.1) is 33.4 Å². The zero-order chi connectivity index (χ0) is 46.2. The fraction of sp³-hybridized carbons (Fsp3) is 0.0625. The van der Waals surface area contributed by atoms with E-state index in [2.05, 4.69) is 253 Å². The smallest absolute Gasteiger partial charge is 0.269 e. The van der Waals surface area contributed by atoms with Crippen LogP contribution in [-0.2, 0) is 5.41 Å². The molecule has 0 spiro atoms. The van der Waals surface area contributed by atoms with E-state index in [0.29, 0.717) is 0 Å². The highest BCUT2D eigenvalue weighted by atomic mass is 16.5. The van der Waals surface area contributed by atoms with Gasteiger partial charge in [-0.3, -0.25) is 13.7 Å². The van der Waals surface area contributed by atoms with Crippen LogP contribution in [0.25, 0.3) is 106 Å². The van der Waals surface area contributed by atoms with Crippen molar-refractivity contribution in [3.05, 3.63) is 236 Å². The van der Waals surface area contributed by atoms with Gasteiger partial charge in [0.15, 0.2) is 0 Å². The van der Waals surface area contributed by atoms with Crippen molar-refractivity contribution in [1.82, 2.24) is 14.1 Å². The lowest BCUT2D eigenvalue weighted by molar-refractivity contribution is -0.571. The van der Waals surface area contributed by atoms with E-state index in [4.69, 9.17) is 9.72 Å². The topological polar surface area (TPSA) is 35.9 Å². The van der Waals surface area contributed by atoms with Crippen molar-refractivity contribution in [2.75, 3.05) is 0 Å². The summed E-state index contributed by atoms with van der Waals surface area (Å²) >= 11 is 0. The number of ether oxygens (including phenoxy) is 1. The molecule has 328 valence electrons. The van der Waals surface area contributed by atoms with E-state index < -0.39 is 0 Å². The molecule has 9 aromatic carbocycles. The first-order valence-corrected chi connectivity index (χ1v) is 23.6. The zero-order valence-corrected chi connectivity index (χ0v) is 38.6. The van der Waals surface area contributed by atoms with Crippen molar-refractivity contribution in [1.29, 1.82) is 0 Å². The van der Waals surface area contributed by atoms with Crippen molar-refractivity contribution in [2.45, 2.75) is 26.2 Å². The van der Waals surface area contributed by atoms with Crippen LogP contribution >= 0.6 is 0 Å². The molecule has 69 heavy (non-hydrogen) atoms. The SMILES string of the molecule is CC(C)(C)c1ccnc(-n2c3ccccc3c3ccc(Oc4cccc(-n5[c-][n+](-c6cccc7c6-c6ccccc6-c6ccccc6-c6ccccc6-7)c6c(-c7ccccc7)cccc65)c4)cc32)c1. The van der Waals surface area contributed by atoms with Gasteiger partial charge in [0.1, 0.15) is 17.3 Å². The van der Waals surface area contributed by atoms with Crippen LogP contribution in [0.2, 0.25) is 0 Å². The Kier molecular flexibility index (Phi) is 9.34. The van der Waals surface area contributed by atoms with Crippen molar-refractivity contribution in [2.24, 2.45) is 0 Å². The third-order valence-electron chi connectivity index (χ3n) is 13.8. The van der Waals surface area contributed by atoms with E-state index in [1.165, 1.54) is 49.9 Å². The van der Waals surface area contributed by atoms with E-state index in [9.17, 15) is 0 Å². The molecular formula is C64H46N4O. The molecule has 13 rings (SSSR count). The molecule has 1 aliphatic rings. The highest BCUT2D eigenvalue weighted by Gasteiger charge is 2.27. The summed E-state index contributed by atoms with van der Waals surface area (Å²) in [5.41, 5.74) is 19.2. The zero-order valence-electron chi connectivity index (χ0n) is 38.6. The number of nitrogens with zero attached hydrogens (tertiary/aromatic N) is 4. The number of pyridine rings is 1. The number of aromatic nitrogens is 4. The molecular weight excluding hydrogens is 841 g/mol. The molecule has 0 radical (unpaired) electrons. The highest BCUT2D eigenvalue weighted by Crippen LogP contribution is 2.49. The van der Waals surface area contributed by atoms with Crippen molar-refractivity contribution >= 4 is 32.8 Å². The Hall–Kier alpha value is -8.80. The van der Waals surface area contributed by atoms with Gasteiger partial charge >= 0.3 is 0 Å². The van der Waals surface area contributed by atoms with Gasteiger partial charge in [0.2, 0.25) is 0 Å². The van der Waals surface area contributed by atoms with Gasteiger partial charge in [0.25, 0.3) is 6.33 Å². The third kappa shape index (κ3) is 6.69. The first-order valence-electron chi connectivity index (χ1n) is 23.6. The van der Waals surface area contributed by atoms with Gasteiger partial charge in [-0.05, 0) is 116 Å². The number of hydrogen-bond donors (Lipinski definition) is 0. The van der Waals surface area contributed by atoms with Crippen molar-refractivity contribution in [3.8, 4) is 84.3 Å². The summed E-state index contributed by atoms with van der Waals surface area (Å²) < 4.78 is 13.6. The van der Waals surface area contributed by atoms with Gasteiger partial charge in [-0.2, -0.15) is 0 Å². The van der Waals surface area contributed by atoms with Crippen molar-refractivity contribution < 1.29 is 9.30 Å². The Morgan fingerprint density at radius 1 is 0.464 bits per heavy atom. The van der Waals surface area contributed by atoms with Crippen LogP contribution in [0, 0.1) is 6.33 Å². The molecule has 0 N–H and O–H groups in total. The van der Waals surface area contributed by atoms with E-state index in [-0.39, 0.29) is 5.41 Å². The standard InChI is InChI=1S/C64H46N4O/c1-64(2,3)43-36-37-65-61(38-43)68-57-31-14-13-27-53(57)54-35-34-46(40-60(54)68)69-45-21-15-20-44(39-45)66-41-67(63-47(29-16-33-59(63)66)42-18-5-4-6-19-42)58-32-17-30-56-52-25-10-9-24-50(52)48-22-7-8-23-49(48)51-26-11-12-28-55(51)62(56)58/h4-40H,1-3H3. The second kappa shape index (κ2) is 15.9. The number of para-hydroxylation sites is 2. The van der Waals surface area contributed by atoms with Crippen LogP contribution in [0.3, 0.4) is 0 Å². The molecule has 0 fully saturated rings. The van der Waals surface area contributed by atoms with Crippen LogP contribution < -0.4 is 9.30 Å². The highest BCUT2D eigenvalue weighted by molar-refractivity contribution is 6.10. The average molecular weight is 887 g/mol. The minimum Gasteiger partial charge on any atom is -0.458 e. The van der Waals surface area contributed by atoms with Crippen molar-refractivity contribution in [3.63, 3.8) is 0 Å². The summed E-state index contributed by atoms with van der Waals surface area (Å²) in [5.74, 6) is 2.34. The molecule has 1 aliphatic carbocycles. The lowest BCUT2D eigenvalue weighted by atomic mass is 9.80. The second-order valence-corrected chi connectivity index (χ2v) is 18.9. The van der Waals surface area contributed by atoms with Gasteiger partial charge in [0, 0.05) is 28.6 Å². The number of fused-ring (bicyclic) bond motifs is 12. The molecule has 12 aromatic rings. The Morgan fingerprint density at radius 3 is 1.80 bits per heavy atom. The molecule has 5 nitrogen and oxygen atoms in total. The van der Waals surface area contributed by atoms with E-state index in [1.54, 1.807) is 0 Å². The van der Waals surface area contributed by atoms with Gasteiger partial charge in [-0.25, -0.2) is 4.98 Å². The molecule has 0 amide bonds. The fourth-order valence-corrected chi connectivity index (χ4v) is 10.5. The number of imidazole rings is 1. The van der Waals surface area contributed by atoms with Crippen LogP contribution in [0.5, 0.6) is 11.5 Å². The predicted octanol–water partition coefficient (Wildman–Crippen LogP) is 15.9. The molecule has 3 heterocycles. The van der Waals surface area contributed by atoms with E-state index >= 15 is 0 Å². The lowest BCUT2D eigenvalue weighted by Crippen LogP contribution is -2.31. The minimum absolute atomic E-state index is 0.0233. The summed E-state index contributed by atoms with van der Waals surface area (Å²) in [5, 5.41) is 2.32. The maximum Gasteiger partial charge on any atom is 0.269 e. The Bertz CT molecular complexity index is 3980. The number of hydrogen-bond acceptors (Lipinski definition) is 2. The van der Waals surface area contributed by atoms with Crippen LogP contribution in [0.1, 0.15) is 26.3 Å². The molecule has 0 saturated carbocycles. The van der Waals surface area contributed by atoms with Gasteiger partial charge in [-0.15, -0.1) is 0 Å². The summed E-state index contributed by atoms with van der Waals surface area (Å²) in [6, 6.07) is 78.0. The largest absolute Gasteiger partial charge is 0.458 e. The lowest BCUT2D eigenvalue weighted by Gasteiger charge is -2.25. The Morgan fingerprint density at radius 2 is 1.04 bits per heavy atom. The first kappa shape index (κ1) is 40.5. The summed E-state index contributed by atoms with van der Waals surface area (Å²) in [7, 11) is 0.